The second-order valence-corrected chi connectivity index (χ2v) is 5.81. The molecule has 1 aromatic heterocycles. The Morgan fingerprint density at radius 2 is 2.44 bits per heavy atom. The van der Waals surface area contributed by atoms with Gasteiger partial charge in [-0.15, -0.1) is 0 Å². The van der Waals surface area contributed by atoms with Crippen molar-refractivity contribution in [1.29, 1.82) is 0 Å². The van der Waals surface area contributed by atoms with Crippen LogP contribution in [-0.4, -0.2) is 35.4 Å². The first kappa shape index (κ1) is 13.0. The number of thiophene rings is 1. The number of nitrogens with two attached hydrogens (primary N) is 1. The van der Waals surface area contributed by atoms with E-state index in [9.17, 15) is 14.9 Å². The number of hydrogen-bond donors (Lipinski definition) is 1. The van der Waals surface area contributed by atoms with Crippen LogP contribution in [0.15, 0.2) is 11.4 Å². The zero-order valence-electron chi connectivity index (χ0n) is 10.1. The van der Waals surface area contributed by atoms with Crippen molar-refractivity contribution in [3.8, 4) is 0 Å². The molecule has 1 aromatic rings. The van der Waals surface area contributed by atoms with E-state index in [1.807, 2.05) is 0 Å². The van der Waals surface area contributed by atoms with Gasteiger partial charge < -0.3 is 10.6 Å². The number of nitrogens with zero attached hydrogens (tertiary/aromatic N) is 2. The van der Waals surface area contributed by atoms with Gasteiger partial charge in [-0.1, -0.05) is 18.3 Å². The van der Waals surface area contributed by atoms with Crippen molar-refractivity contribution >= 4 is 22.2 Å². The average Bonchev–Trinajstić information content (AvgIpc) is 2.95. The van der Waals surface area contributed by atoms with E-state index < -0.39 is 4.92 Å². The molecule has 1 fully saturated rings. The van der Waals surface area contributed by atoms with Crippen LogP contribution in [0, 0.1) is 15.5 Å². The Hall–Kier alpha value is -1.47. The first-order chi connectivity index (χ1) is 8.45. The highest BCUT2D eigenvalue weighted by Gasteiger charge is 2.35. The molecule has 0 spiro atoms. The predicted molar refractivity (Wildman–Crippen MR) is 68.7 cm³/mol. The Morgan fingerprint density at radius 3 is 2.94 bits per heavy atom. The maximum Gasteiger partial charge on any atom is 0.324 e. The van der Waals surface area contributed by atoms with Crippen LogP contribution in [0.2, 0.25) is 0 Å². The molecule has 0 bridgehead atoms. The summed E-state index contributed by atoms with van der Waals surface area (Å²) in [6, 6.07) is 1.34. The largest absolute Gasteiger partial charge is 0.338 e. The fourth-order valence-corrected chi connectivity index (χ4v) is 2.78. The number of likely N-dealkylation sites (tertiary alicyclic amines) is 1. The summed E-state index contributed by atoms with van der Waals surface area (Å²) in [4.78, 5) is 24.0. The lowest BCUT2D eigenvalue weighted by molar-refractivity contribution is -0.380. The van der Waals surface area contributed by atoms with Gasteiger partial charge in [-0.3, -0.25) is 14.9 Å². The average molecular weight is 269 g/mol. The number of hydrogen-bond acceptors (Lipinski definition) is 5. The lowest BCUT2D eigenvalue weighted by atomic mass is 9.90. The molecule has 2 rings (SSSR count). The summed E-state index contributed by atoms with van der Waals surface area (Å²) >= 11 is 0.979. The molecule has 1 saturated heterocycles. The molecule has 0 aliphatic carbocycles. The molecule has 1 unspecified atom stereocenters. The van der Waals surface area contributed by atoms with Crippen LogP contribution in [0.25, 0.3) is 0 Å². The molecule has 1 aliphatic rings. The van der Waals surface area contributed by atoms with Crippen LogP contribution in [0.1, 0.15) is 23.7 Å². The lowest BCUT2D eigenvalue weighted by Gasteiger charge is -2.22. The van der Waals surface area contributed by atoms with Crippen LogP contribution in [-0.2, 0) is 0 Å². The minimum atomic E-state index is -0.477. The maximum absolute atomic E-state index is 12.2. The number of carbonyl (C=O) groups is 1. The zero-order valence-corrected chi connectivity index (χ0v) is 10.9. The molecule has 0 aromatic carbocycles. The van der Waals surface area contributed by atoms with E-state index in [0.29, 0.717) is 25.2 Å². The fourth-order valence-electron chi connectivity index (χ4n) is 2.08. The van der Waals surface area contributed by atoms with Crippen molar-refractivity contribution in [3.05, 3.63) is 27.1 Å². The highest BCUT2D eigenvalue weighted by Crippen LogP contribution is 2.31. The minimum Gasteiger partial charge on any atom is -0.338 e. The van der Waals surface area contributed by atoms with Crippen molar-refractivity contribution < 1.29 is 9.72 Å². The van der Waals surface area contributed by atoms with E-state index in [4.69, 9.17) is 5.73 Å². The topological polar surface area (TPSA) is 89.5 Å². The predicted octanol–water partition coefficient (Wildman–Crippen LogP) is 1.47. The summed E-state index contributed by atoms with van der Waals surface area (Å²) in [5, 5.41) is 12.1. The summed E-state index contributed by atoms with van der Waals surface area (Å²) in [5.41, 5.74) is 6.05. The molecular weight excluding hydrogens is 254 g/mol. The Balaban J connectivity index is 2.10. The molecular formula is C11H15N3O3S. The Labute approximate surface area is 109 Å². The molecule has 1 amide bonds. The molecule has 1 aliphatic heterocycles. The Kier molecular flexibility index (Phi) is 3.36. The number of carbonyl (C=O) groups excluding carboxylic acids is 1. The van der Waals surface area contributed by atoms with Crippen molar-refractivity contribution in [2.45, 2.75) is 13.3 Å². The fraction of sp³-hybridized carbons (Fsp3) is 0.545. The highest BCUT2D eigenvalue weighted by molar-refractivity contribution is 7.13. The van der Waals surface area contributed by atoms with Gasteiger partial charge in [0, 0.05) is 24.5 Å². The molecule has 0 saturated carbocycles. The third-order valence-corrected chi connectivity index (χ3v) is 4.23. The van der Waals surface area contributed by atoms with Gasteiger partial charge in [-0.05, 0) is 18.4 Å². The summed E-state index contributed by atoms with van der Waals surface area (Å²) < 4.78 is 0. The van der Waals surface area contributed by atoms with Gasteiger partial charge in [0.25, 0.3) is 5.91 Å². The lowest BCUT2D eigenvalue weighted by Crippen LogP contribution is -2.34. The van der Waals surface area contributed by atoms with Crippen LogP contribution in [0.3, 0.4) is 0 Å². The van der Waals surface area contributed by atoms with E-state index in [1.165, 1.54) is 6.07 Å². The van der Waals surface area contributed by atoms with E-state index in [0.717, 1.165) is 17.8 Å². The second-order valence-electron chi connectivity index (χ2n) is 4.92. The van der Waals surface area contributed by atoms with E-state index in [1.54, 1.807) is 10.3 Å². The first-order valence-electron chi connectivity index (χ1n) is 5.67. The van der Waals surface area contributed by atoms with E-state index >= 15 is 0 Å². The van der Waals surface area contributed by atoms with Gasteiger partial charge in [0.05, 0.1) is 10.5 Å². The van der Waals surface area contributed by atoms with Crippen LogP contribution < -0.4 is 5.73 Å². The molecule has 1 atom stereocenters. The summed E-state index contributed by atoms with van der Waals surface area (Å²) in [6.07, 6.45) is 0.876. The molecule has 2 N–H and O–H groups in total. The molecule has 98 valence electrons. The Morgan fingerprint density at radius 1 is 1.72 bits per heavy atom. The van der Waals surface area contributed by atoms with Crippen LogP contribution in [0.5, 0.6) is 0 Å². The standard InChI is InChI=1S/C11H15N3O3S/c1-11(6-12)2-3-13(7-11)10(15)8-4-9(14(16)17)18-5-8/h4-5H,2-3,6-7,12H2,1H3. The van der Waals surface area contributed by atoms with Crippen LogP contribution in [0.4, 0.5) is 5.00 Å². The van der Waals surface area contributed by atoms with Gasteiger partial charge in [0.1, 0.15) is 0 Å². The molecule has 7 heteroatoms. The van der Waals surface area contributed by atoms with Gasteiger partial charge >= 0.3 is 5.00 Å². The van der Waals surface area contributed by atoms with Gasteiger partial charge in [0.15, 0.2) is 0 Å². The molecule has 0 radical (unpaired) electrons. The Bertz CT molecular complexity index is 488. The number of nitro groups is 1. The summed E-state index contributed by atoms with van der Waals surface area (Å²) in [7, 11) is 0. The summed E-state index contributed by atoms with van der Waals surface area (Å²) in [5.74, 6) is -0.142. The third kappa shape index (κ3) is 2.37. The van der Waals surface area contributed by atoms with Gasteiger partial charge in [-0.25, -0.2) is 0 Å². The molecule has 6 nitrogen and oxygen atoms in total. The monoisotopic (exact) mass is 269 g/mol. The van der Waals surface area contributed by atoms with Crippen molar-refractivity contribution in [1.82, 2.24) is 4.90 Å². The van der Waals surface area contributed by atoms with Gasteiger partial charge in [-0.2, -0.15) is 0 Å². The smallest absolute Gasteiger partial charge is 0.324 e. The van der Waals surface area contributed by atoms with Gasteiger partial charge in [0.2, 0.25) is 0 Å². The molecule has 2 heterocycles. The van der Waals surface area contributed by atoms with Crippen LogP contribution >= 0.6 is 11.3 Å². The van der Waals surface area contributed by atoms with E-state index in [2.05, 4.69) is 6.92 Å². The SMILES string of the molecule is CC1(CN)CCN(C(=O)c2csc([N+](=O)[O-])c2)C1. The summed E-state index contributed by atoms with van der Waals surface area (Å²) in [6.45, 7) is 3.87. The van der Waals surface area contributed by atoms with E-state index in [-0.39, 0.29) is 16.3 Å². The molecule has 18 heavy (non-hydrogen) atoms. The zero-order chi connectivity index (χ0) is 13.3. The third-order valence-electron chi connectivity index (χ3n) is 3.35. The normalized spacial score (nSPS) is 23.3. The van der Waals surface area contributed by atoms with Crippen molar-refractivity contribution in [2.75, 3.05) is 19.6 Å². The number of amides is 1. The quantitative estimate of drug-likeness (QED) is 0.664. The van der Waals surface area contributed by atoms with Crippen molar-refractivity contribution in [2.24, 2.45) is 11.1 Å². The second kappa shape index (κ2) is 4.66. The number of rotatable bonds is 3. The van der Waals surface area contributed by atoms with Crippen molar-refractivity contribution in [3.63, 3.8) is 0 Å². The highest BCUT2D eigenvalue weighted by atomic mass is 32.1. The first-order valence-corrected chi connectivity index (χ1v) is 6.55. The maximum atomic E-state index is 12.2. The minimum absolute atomic E-state index is 0.000802.